The van der Waals surface area contributed by atoms with Crippen LogP contribution in [0.25, 0.3) is 0 Å². The molecule has 0 saturated heterocycles. The lowest BCUT2D eigenvalue weighted by molar-refractivity contribution is 0.134. The summed E-state index contributed by atoms with van der Waals surface area (Å²) in [5, 5.41) is 3.57. The monoisotopic (exact) mass is 250 g/mol. The fraction of sp³-hybridized carbons (Fsp3) is 0.733. The minimum absolute atomic E-state index is 0.731. The van der Waals surface area contributed by atoms with Gasteiger partial charge in [-0.25, -0.2) is 0 Å². The smallest absolute Gasteiger partial charge is 0.117 e. The summed E-state index contributed by atoms with van der Waals surface area (Å²) in [5.74, 6) is 1.09. The Bertz CT molecular complexity index is 315. The Labute approximate surface area is 111 Å². The van der Waals surface area contributed by atoms with Gasteiger partial charge in [-0.05, 0) is 50.9 Å². The van der Waals surface area contributed by atoms with Crippen LogP contribution in [-0.4, -0.2) is 30.1 Å². The van der Waals surface area contributed by atoms with Crippen LogP contribution in [0.3, 0.4) is 0 Å². The fourth-order valence-corrected chi connectivity index (χ4v) is 3.04. The van der Waals surface area contributed by atoms with Crippen LogP contribution in [0, 0.1) is 0 Å². The molecule has 0 spiro atoms. The lowest BCUT2D eigenvalue weighted by Gasteiger charge is -2.36. The van der Waals surface area contributed by atoms with E-state index in [4.69, 9.17) is 4.42 Å². The zero-order valence-corrected chi connectivity index (χ0v) is 11.7. The predicted molar refractivity (Wildman–Crippen MR) is 74.5 cm³/mol. The van der Waals surface area contributed by atoms with E-state index in [0.29, 0.717) is 0 Å². The summed E-state index contributed by atoms with van der Waals surface area (Å²) in [7, 11) is 0. The Balaban J connectivity index is 1.82. The summed E-state index contributed by atoms with van der Waals surface area (Å²) in [4.78, 5) is 2.56. The van der Waals surface area contributed by atoms with Crippen LogP contribution in [0.2, 0.25) is 0 Å². The molecule has 3 heteroatoms. The average Bonchev–Trinajstić information content (AvgIpc) is 2.90. The molecule has 1 aliphatic carbocycles. The first-order valence-corrected chi connectivity index (χ1v) is 7.33. The van der Waals surface area contributed by atoms with Gasteiger partial charge in [0.05, 0.1) is 12.8 Å². The van der Waals surface area contributed by atoms with Gasteiger partial charge in [-0.1, -0.05) is 13.8 Å². The molecule has 0 aliphatic heterocycles. The van der Waals surface area contributed by atoms with Crippen LogP contribution < -0.4 is 5.32 Å². The van der Waals surface area contributed by atoms with E-state index in [1.807, 2.05) is 6.07 Å². The summed E-state index contributed by atoms with van der Waals surface area (Å²) in [6.07, 6.45) is 7.02. The van der Waals surface area contributed by atoms with E-state index in [-0.39, 0.29) is 0 Å². The van der Waals surface area contributed by atoms with Crippen LogP contribution in [-0.2, 0) is 6.54 Å². The molecular formula is C15H26N2O. The molecule has 18 heavy (non-hydrogen) atoms. The Hall–Kier alpha value is -0.800. The summed E-state index contributed by atoms with van der Waals surface area (Å²) in [6, 6.07) is 5.53. The molecule has 102 valence electrons. The summed E-state index contributed by atoms with van der Waals surface area (Å²) in [5.41, 5.74) is 0. The van der Waals surface area contributed by atoms with Gasteiger partial charge in [-0.15, -0.1) is 0 Å². The average molecular weight is 250 g/mol. The van der Waals surface area contributed by atoms with E-state index in [1.165, 1.54) is 25.7 Å². The molecule has 1 saturated carbocycles. The Kier molecular flexibility index (Phi) is 5.26. The first kappa shape index (κ1) is 13.6. The normalized spacial score (nSPS) is 24.6. The zero-order valence-electron chi connectivity index (χ0n) is 11.7. The molecule has 0 unspecified atom stereocenters. The van der Waals surface area contributed by atoms with Gasteiger partial charge in [0.1, 0.15) is 5.76 Å². The largest absolute Gasteiger partial charge is 0.468 e. The van der Waals surface area contributed by atoms with Crippen LogP contribution in [0.4, 0.5) is 0 Å². The summed E-state index contributed by atoms with van der Waals surface area (Å²) >= 11 is 0. The molecule has 0 atom stereocenters. The van der Waals surface area contributed by atoms with Gasteiger partial charge in [-0.2, -0.15) is 0 Å². The highest BCUT2D eigenvalue weighted by molar-refractivity contribution is 4.98. The van der Waals surface area contributed by atoms with E-state index in [9.17, 15) is 0 Å². The maximum Gasteiger partial charge on any atom is 0.117 e. The van der Waals surface area contributed by atoms with Gasteiger partial charge >= 0.3 is 0 Å². The van der Waals surface area contributed by atoms with Crippen LogP contribution in [0.1, 0.15) is 45.3 Å². The van der Waals surface area contributed by atoms with E-state index < -0.39 is 0 Å². The Morgan fingerprint density at radius 2 is 2.06 bits per heavy atom. The van der Waals surface area contributed by atoms with Crippen molar-refractivity contribution in [1.82, 2.24) is 10.2 Å². The van der Waals surface area contributed by atoms with Crippen molar-refractivity contribution in [2.75, 3.05) is 13.1 Å². The van der Waals surface area contributed by atoms with Gasteiger partial charge < -0.3 is 9.73 Å². The highest BCUT2D eigenvalue weighted by atomic mass is 16.3. The van der Waals surface area contributed by atoms with Crippen molar-refractivity contribution in [3.8, 4) is 0 Å². The molecule has 1 aromatic heterocycles. The summed E-state index contributed by atoms with van der Waals surface area (Å²) < 4.78 is 5.46. The maximum absolute atomic E-state index is 5.46. The topological polar surface area (TPSA) is 28.4 Å². The second-order valence-electron chi connectivity index (χ2n) is 5.21. The SMILES string of the molecule is CCNC1CCC(N(CC)Cc2ccco2)CC1. The second kappa shape index (κ2) is 6.95. The van der Waals surface area contributed by atoms with Gasteiger partial charge in [-0.3, -0.25) is 4.90 Å². The highest BCUT2D eigenvalue weighted by Gasteiger charge is 2.24. The summed E-state index contributed by atoms with van der Waals surface area (Å²) in [6.45, 7) is 7.61. The zero-order chi connectivity index (χ0) is 12.8. The standard InChI is InChI=1S/C15H26N2O/c1-3-16-13-7-9-14(10-8-13)17(4-2)12-15-6-5-11-18-15/h5-6,11,13-14,16H,3-4,7-10,12H2,1-2H3. The second-order valence-corrected chi connectivity index (χ2v) is 5.21. The molecule has 1 N–H and O–H groups in total. The molecule has 1 aromatic rings. The van der Waals surface area contributed by atoms with Crippen molar-refractivity contribution < 1.29 is 4.42 Å². The third-order valence-corrected chi connectivity index (χ3v) is 4.05. The Morgan fingerprint density at radius 1 is 1.28 bits per heavy atom. The number of nitrogens with zero attached hydrogens (tertiary/aromatic N) is 1. The molecule has 0 bridgehead atoms. The first-order valence-electron chi connectivity index (χ1n) is 7.33. The van der Waals surface area contributed by atoms with Crippen molar-refractivity contribution in [2.24, 2.45) is 0 Å². The molecule has 1 heterocycles. The minimum atomic E-state index is 0.731. The molecule has 1 fully saturated rings. The predicted octanol–water partition coefficient (Wildman–Crippen LogP) is 3.02. The van der Waals surface area contributed by atoms with E-state index >= 15 is 0 Å². The van der Waals surface area contributed by atoms with E-state index in [1.54, 1.807) is 6.26 Å². The number of rotatable bonds is 6. The van der Waals surface area contributed by atoms with Crippen molar-refractivity contribution in [2.45, 2.75) is 58.2 Å². The first-order chi connectivity index (χ1) is 8.83. The molecule has 0 aromatic carbocycles. The van der Waals surface area contributed by atoms with Gasteiger partial charge in [0.15, 0.2) is 0 Å². The molecule has 3 nitrogen and oxygen atoms in total. The van der Waals surface area contributed by atoms with Crippen LogP contribution in [0.5, 0.6) is 0 Å². The van der Waals surface area contributed by atoms with E-state index in [0.717, 1.165) is 37.5 Å². The number of hydrogen-bond acceptors (Lipinski definition) is 3. The lowest BCUT2D eigenvalue weighted by atomic mass is 9.90. The molecule has 2 rings (SSSR count). The number of furan rings is 1. The molecular weight excluding hydrogens is 224 g/mol. The van der Waals surface area contributed by atoms with Crippen LogP contribution >= 0.6 is 0 Å². The van der Waals surface area contributed by atoms with Crippen molar-refractivity contribution in [3.05, 3.63) is 24.2 Å². The lowest BCUT2D eigenvalue weighted by Crippen LogP contribution is -2.42. The van der Waals surface area contributed by atoms with Crippen molar-refractivity contribution in [3.63, 3.8) is 0 Å². The third kappa shape index (κ3) is 3.59. The Morgan fingerprint density at radius 3 is 2.61 bits per heavy atom. The van der Waals surface area contributed by atoms with Gasteiger partial charge in [0, 0.05) is 12.1 Å². The van der Waals surface area contributed by atoms with Crippen molar-refractivity contribution in [1.29, 1.82) is 0 Å². The highest BCUT2D eigenvalue weighted by Crippen LogP contribution is 2.24. The van der Waals surface area contributed by atoms with Crippen molar-refractivity contribution >= 4 is 0 Å². The van der Waals surface area contributed by atoms with E-state index in [2.05, 4.69) is 30.1 Å². The number of nitrogens with one attached hydrogen (secondary N) is 1. The molecule has 0 amide bonds. The third-order valence-electron chi connectivity index (χ3n) is 4.05. The van der Waals surface area contributed by atoms with Crippen LogP contribution in [0.15, 0.2) is 22.8 Å². The fourth-order valence-electron chi connectivity index (χ4n) is 3.04. The molecule has 0 radical (unpaired) electrons. The number of hydrogen-bond donors (Lipinski definition) is 1. The maximum atomic E-state index is 5.46. The minimum Gasteiger partial charge on any atom is -0.468 e. The van der Waals surface area contributed by atoms with Gasteiger partial charge in [0.2, 0.25) is 0 Å². The quantitative estimate of drug-likeness (QED) is 0.841. The molecule has 1 aliphatic rings. The van der Waals surface area contributed by atoms with Gasteiger partial charge in [0.25, 0.3) is 0 Å².